The van der Waals surface area contributed by atoms with E-state index >= 15 is 0 Å². The molecule has 1 amide bonds. The number of esters is 1. The number of nitrogens with one attached hydrogen (secondary N) is 1. The van der Waals surface area contributed by atoms with Crippen molar-refractivity contribution in [3.05, 3.63) is 58.9 Å². The fraction of sp³-hybridized carbons (Fsp3) is 0.222. The quantitative estimate of drug-likeness (QED) is 0.853. The zero-order chi connectivity index (χ0) is 17.8. The lowest BCUT2D eigenvalue weighted by Gasteiger charge is -2.10. The maximum Gasteiger partial charge on any atom is 0.305 e. The van der Waals surface area contributed by atoms with Crippen molar-refractivity contribution >= 4 is 34.9 Å². The Kier molecular flexibility index (Phi) is 5.09. The first-order valence-corrected chi connectivity index (χ1v) is 8.13. The molecule has 1 aromatic heterocycles. The van der Waals surface area contributed by atoms with Crippen molar-refractivity contribution in [2.24, 2.45) is 4.99 Å². The molecule has 0 bridgehead atoms. The maximum absolute atomic E-state index is 12.5. The first-order valence-electron chi connectivity index (χ1n) is 7.75. The summed E-state index contributed by atoms with van der Waals surface area (Å²) in [5.74, 6) is -0.661. The van der Waals surface area contributed by atoms with E-state index in [9.17, 15) is 9.59 Å². The summed E-state index contributed by atoms with van der Waals surface area (Å²) in [5.41, 5.74) is 2.50. The fourth-order valence-electron chi connectivity index (χ4n) is 2.58. The van der Waals surface area contributed by atoms with Crippen molar-refractivity contribution in [2.75, 3.05) is 12.4 Å². The van der Waals surface area contributed by atoms with E-state index in [1.807, 2.05) is 12.1 Å². The van der Waals surface area contributed by atoms with Gasteiger partial charge >= 0.3 is 5.97 Å². The van der Waals surface area contributed by atoms with Crippen LogP contribution >= 0.6 is 11.6 Å². The highest BCUT2D eigenvalue weighted by Gasteiger charge is 2.27. The molecule has 3 rings (SSSR count). The van der Waals surface area contributed by atoms with E-state index in [0.29, 0.717) is 27.7 Å². The third-order valence-corrected chi connectivity index (χ3v) is 4.07. The molecular weight excluding hydrogens is 342 g/mol. The second-order valence-corrected chi connectivity index (χ2v) is 5.94. The van der Waals surface area contributed by atoms with Crippen LogP contribution in [0.25, 0.3) is 0 Å². The maximum atomic E-state index is 12.5. The smallest absolute Gasteiger partial charge is 0.305 e. The lowest BCUT2D eigenvalue weighted by molar-refractivity contribution is -0.140. The minimum Gasteiger partial charge on any atom is -0.469 e. The van der Waals surface area contributed by atoms with E-state index in [4.69, 9.17) is 11.6 Å². The van der Waals surface area contributed by atoms with E-state index in [1.54, 1.807) is 30.5 Å². The highest BCUT2D eigenvalue weighted by atomic mass is 35.5. The van der Waals surface area contributed by atoms with Crippen LogP contribution in [-0.2, 0) is 14.3 Å². The van der Waals surface area contributed by atoms with Crippen molar-refractivity contribution in [2.45, 2.75) is 18.9 Å². The van der Waals surface area contributed by atoms with Crippen LogP contribution in [0.15, 0.2) is 47.6 Å². The molecule has 1 atom stereocenters. The minimum absolute atomic E-state index is 0.102. The molecule has 0 aliphatic carbocycles. The molecule has 1 N–H and O–H groups in total. The van der Waals surface area contributed by atoms with Gasteiger partial charge in [-0.3, -0.25) is 19.6 Å². The van der Waals surface area contributed by atoms with Gasteiger partial charge in [-0.05, 0) is 36.8 Å². The van der Waals surface area contributed by atoms with Gasteiger partial charge in [-0.15, -0.1) is 0 Å². The number of aromatic nitrogens is 1. The van der Waals surface area contributed by atoms with Crippen LogP contribution in [0.5, 0.6) is 0 Å². The molecule has 7 heteroatoms. The van der Waals surface area contributed by atoms with E-state index in [2.05, 4.69) is 20.0 Å². The zero-order valence-corrected chi connectivity index (χ0v) is 14.3. The Hall–Kier alpha value is -2.73. The van der Waals surface area contributed by atoms with Crippen molar-refractivity contribution in [1.82, 2.24) is 4.98 Å². The average molecular weight is 358 g/mol. The number of anilines is 1. The number of hydrogen-bond acceptors (Lipinski definition) is 5. The molecule has 0 fully saturated rings. The van der Waals surface area contributed by atoms with E-state index in [-0.39, 0.29) is 24.7 Å². The number of rotatable bonds is 4. The summed E-state index contributed by atoms with van der Waals surface area (Å²) in [7, 11) is 1.32. The molecule has 1 aliphatic rings. The number of carbonyl (C=O) groups excluding carboxylic acids is 2. The van der Waals surface area contributed by atoms with Gasteiger partial charge < -0.3 is 10.1 Å². The topological polar surface area (TPSA) is 80.7 Å². The molecule has 128 valence electrons. The third kappa shape index (κ3) is 3.85. The molecule has 2 heterocycles. The number of methoxy groups -OCH3 is 1. The molecule has 1 aliphatic heterocycles. The summed E-state index contributed by atoms with van der Waals surface area (Å²) >= 11 is 6.13. The number of ether oxygens (including phenoxy) is 1. The number of pyridine rings is 1. The second-order valence-electron chi connectivity index (χ2n) is 5.50. The summed E-state index contributed by atoms with van der Waals surface area (Å²) in [4.78, 5) is 32.9. The van der Waals surface area contributed by atoms with Gasteiger partial charge in [-0.1, -0.05) is 17.7 Å². The molecule has 0 saturated heterocycles. The van der Waals surface area contributed by atoms with Crippen LogP contribution in [0.4, 0.5) is 5.69 Å². The van der Waals surface area contributed by atoms with Gasteiger partial charge in [-0.2, -0.15) is 0 Å². The summed E-state index contributed by atoms with van der Waals surface area (Å²) in [5, 5.41) is 3.38. The predicted octanol–water partition coefficient (Wildman–Crippen LogP) is 2.85. The molecule has 0 spiro atoms. The highest BCUT2D eigenvalue weighted by molar-refractivity contribution is 6.31. The average Bonchev–Trinajstić information content (AvgIpc) is 2.76. The van der Waals surface area contributed by atoms with Gasteiger partial charge in [0.15, 0.2) is 0 Å². The summed E-state index contributed by atoms with van der Waals surface area (Å²) in [6, 6.07) is 9.92. The summed E-state index contributed by atoms with van der Waals surface area (Å²) < 4.78 is 4.65. The molecule has 2 aromatic rings. The normalized spacial score (nSPS) is 16.3. The zero-order valence-electron chi connectivity index (χ0n) is 13.5. The Morgan fingerprint density at radius 3 is 2.88 bits per heavy atom. The number of benzene rings is 1. The van der Waals surface area contributed by atoms with E-state index < -0.39 is 6.04 Å². The van der Waals surface area contributed by atoms with E-state index in [1.165, 1.54) is 7.11 Å². The Morgan fingerprint density at radius 2 is 2.16 bits per heavy atom. The second kappa shape index (κ2) is 7.44. The SMILES string of the molecule is COC(=O)CC[C@@H]1N=C(c2ccccn2)c2cc(Cl)ccc2NC1=O. The Labute approximate surface area is 149 Å². The molecule has 0 unspecified atom stereocenters. The van der Waals surface area contributed by atoms with Gasteiger partial charge in [-0.25, -0.2) is 0 Å². The Morgan fingerprint density at radius 1 is 1.32 bits per heavy atom. The largest absolute Gasteiger partial charge is 0.469 e. The monoisotopic (exact) mass is 357 g/mol. The highest BCUT2D eigenvalue weighted by Crippen LogP contribution is 2.27. The number of aliphatic imine (C=N–C) groups is 1. The molecule has 6 nitrogen and oxygen atoms in total. The van der Waals surface area contributed by atoms with Gasteiger partial charge in [0.05, 0.1) is 24.2 Å². The number of benzodiazepines with no additional fused rings is 1. The number of hydrogen-bond donors (Lipinski definition) is 1. The Bertz CT molecular complexity index is 837. The van der Waals surface area contributed by atoms with Crippen LogP contribution in [0.1, 0.15) is 24.1 Å². The number of fused-ring (bicyclic) bond motifs is 1. The molecule has 25 heavy (non-hydrogen) atoms. The summed E-state index contributed by atoms with van der Waals surface area (Å²) in [6.45, 7) is 0. The standard InChI is InChI=1S/C18H16ClN3O3/c1-25-16(23)8-7-15-18(24)22-13-6-5-11(19)10-12(13)17(21-15)14-4-2-3-9-20-14/h2-6,9-10,15H,7-8H2,1H3,(H,22,24)/t15-/m0/s1. The van der Waals surface area contributed by atoms with Gasteiger partial charge in [0.2, 0.25) is 5.91 Å². The predicted molar refractivity (Wildman–Crippen MR) is 95.0 cm³/mol. The van der Waals surface area contributed by atoms with Gasteiger partial charge in [0, 0.05) is 23.2 Å². The minimum atomic E-state index is -0.720. The van der Waals surface area contributed by atoms with E-state index in [0.717, 1.165) is 0 Å². The molecule has 1 aromatic carbocycles. The van der Waals surface area contributed by atoms with Crippen molar-refractivity contribution in [3.8, 4) is 0 Å². The van der Waals surface area contributed by atoms with Crippen LogP contribution in [0.3, 0.4) is 0 Å². The third-order valence-electron chi connectivity index (χ3n) is 3.84. The number of amides is 1. The van der Waals surface area contributed by atoms with Gasteiger partial charge in [0.1, 0.15) is 6.04 Å². The molecular formula is C18H16ClN3O3. The fourth-order valence-corrected chi connectivity index (χ4v) is 2.75. The first-order chi connectivity index (χ1) is 12.1. The first kappa shape index (κ1) is 17.1. The van der Waals surface area contributed by atoms with Crippen molar-refractivity contribution in [3.63, 3.8) is 0 Å². The Balaban J connectivity index is 2.05. The number of halogens is 1. The van der Waals surface area contributed by atoms with Crippen molar-refractivity contribution < 1.29 is 14.3 Å². The molecule has 0 radical (unpaired) electrons. The van der Waals surface area contributed by atoms with Gasteiger partial charge in [0.25, 0.3) is 0 Å². The van der Waals surface area contributed by atoms with Crippen LogP contribution < -0.4 is 5.32 Å². The lowest BCUT2D eigenvalue weighted by Crippen LogP contribution is -2.26. The number of nitrogens with zero attached hydrogens (tertiary/aromatic N) is 2. The van der Waals surface area contributed by atoms with Crippen LogP contribution in [-0.4, -0.2) is 35.7 Å². The summed E-state index contributed by atoms with van der Waals surface area (Å²) in [6.07, 6.45) is 2.01. The lowest BCUT2D eigenvalue weighted by atomic mass is 10.0. The van der Waals surface area contributed by atoms with Crippen LogP contribution in [0, 0.1) is 0 Å². The van der Waals surface area contributed by atoms with Crippen molar-refractivity contribution in [1.29, 1.82) is 0 Å². The molecule has 0 saturated carbocycles. The van der Waals surface area contributed by atoms with Crippen LogP contribution in [0.2, 0.25) is 5.02 Å². The number of carbonyl (C=O) groups is 2.